The molecule has 0 aliphatic heterocycles. The zero-order valence-electron chi connectivity index (χ0n) is 12.2. The van der Waals surface area contributed by atoms with Crippen LogP contribution in [-0.2, 0) is 4.79 Å². The normalized spacial score (nSPS) is 10.7. The Bertz CT molecular complexity index is 183. The monoisotopic (exact) mass is 256 g/mol. The minimum Gasteiger partial charge on any atom is -0.370 e. The molecule has 0 radical (unpaired) electrons. The molecule has 3 N–H and O–H groups in total. The van der Waals surface area contributed by atoms with Gasteiger partial charge in [-0.1, -0.05) is 51.9 Å². The number of carbonyl (C=O) groups is 1. The number of unbranched alkanes of at least 4 members (excludes halogenated alkanes) is 8. The molecule has 0 aromatic heterocycles. The summed E-state index contributed by atoms with van der Waals surface area (Å²) in [6, 6.07) is 0. The van der Waals surface area contributed by atoms with E-state index in [9.17, 15) is 4.79 Å². The Morgan fingerprint density at radius 2 is 1.33 bits per heavy atom. The van der Waals surface area contributed by atoms with Crippen molar-refractivity contribution in [3.63, 3.8) is 0 Å². The number of nitrogens with two attached hydrogens (primary N) is 1. The van der Waals surface area contributed by atoms with Gasteiger partial charge in [-0.25, -0.2) is 0 Å². The minimum absolute atomic E-state index is 0.175. The van der Waals surface area contributed by atoms with Gasteiger partial charge in [0.25, 0.3) is 0 Å². The average Bonchev–Trinajstić information content (AvgIpc) is 2.34. The SMILES string of the molecule is CCCCCCCCCNCCCCCC(N)=O. The Morgan fingerprint density at radius 3 is 1.89 bits per heavy atom. The highest BCUT2D eigenvalue weighted by molar-refractivity contribution is 5.73. The molecule has 1 amide bonds. The first-order valence-corrected chi connectivity index (χ1v) is 7.76. The third kappa shape index (κ3) is 15.4. The molecule has 3 heteroatoms. The molecule has 0 rings (SSSR count). The van der Waals surface area contributed by atoms with Crippen molar-refractivity contribution in [2.45, 2.75) is 77.6 Å². The summed E-state index contributed by atoms with van der Waals surface area (Å²) in [5.74, 6) is -0.175. The van der Waals surface area contributed by atoms with E-state index in [2.05, 4.69) is 12.2 Å². The maximum absolute atomic E-state index is 10.5. The summed E-state index contributed by atoms with van der Waals surface area (Å²) in [5.41, 5.74) is 5.08. The first-order valence-electron chi connectivity index (χ1n) is 7.76. The van der Waals surface area contributed by atoms with Gasteiger partial charge in [0.15, 0.2) is 0 Å². The molecule has 0 bridgehead atoms. The Hall–Kier alpha value is -0.570. The van der Waals surface area contributed by atoms with Crippen LogP contribution in [0.5, 0.6) is 0 Å². The molecule has 0 aromatic carbocycles. The lowest BCUT2D eigenvalue weighted by Crippen LogP contribution is -2.16. The van der Waals surface area contributed by atoms with E-state index in [0.29, 0.717) is 6.42 Å². The number of rotatable bonds is 14. The van der Waals surface area contributed by atoms with Crippen molar-refractivity contribution in [3.05, 3.63) is 0 Å². The summed E-state index contributed by atoms with van der Waals surface area (Å²) >= 11 is 0. The van der Waals surface area contributed by atoms with Gasteiger partial charge in [0.1, 0.15) is 0 Å². The lowest BCUT2D eigenvalue weighted by atomic mass is 10.1. The number of carbonyl (C=O) groups excluding carboxylic acids is 1. The van der Waals surface area contributed by atoms with E-state index >= 15 is 0 Å². The van der Waals surface area contributed by atoms with Gasteiger partial charge in [0, 0.05) is 6.42 Å². The summed E-state index contributed by atoms with van der Waals surface area (Å²) in [5, 5.41) is 3.46. The van der Waals surface area contributed by atoms with Crippen molar-refractivity contribution < 1.29 is 4.79 Å². The van der Waals surface area contributed by atoms with Crippen molar-refractivity contribution in [1.82, 2.24) is 5.32 Å². The zero-order valence-corrected chi connectivity index (χ0v) is 12.2. The summed E-state index contributed by atoms with van der Waals surface area (Å²) in [7, 11) is 0. The third-order valence-electron chi connectivity index (χ3n) is 3.23. The van der Waals surface area contributed by atoms with Crippen LogP contribution in [0.25, 0.3) is 0 Å². The summed E-state index contributed by atoms with van der Waals surface area (Å²) < 4.78 is 0. The van der Waals surface area contributed by atoms with Crippen molar-refractivity contribution in [3.8, 4) is 0 Å². The van der Waals surface area contributed by atoms with Crippen LogP contribution in [-0.4, -0.2) is 19.0 Å². The fourth-order valence-corrected chi connectivity index (χ4v) is 2.06. The standard InChI is InChI=1S/C15H32N2O/c1-2-3-4-5-6-7-10-13-17-14-11-8-9-12-15(16)18/h17H,2-14H2,1H3,(H2,16,18). The molecule has 0 unspecified atom stereocenters. The van der Waals surface area contributed by atoms with Crippen molar-refractivity contribution in [2.75, 3.05) is 13.1 Å². The van der Waals surface area contributed by atoms with Gasteiger partial charge < -0.3 is 11.1 Å². The molecule has 0 atom stereocenters. The first kappa shape index (κ1) is 17.4. The molecule has 0 saturated heterocycles. The van der Waals surface area contributed by atoms with E-state index < -0.39 is 0 Å². The zero-order chi connectivity index (χ0) is 13.5. The molecule has 0 aliphatic rings. The number of hydrogen-bond acceptors (Lipinski definition) is 2. The van der Waals surface area contributed by atoms with Gasteiger partial charge >= 0.3 is 0 Å². The second-order valence-corrected chi connectivity index (χ2v) is 5.15. The molecule has 0 saturated carbocycles. The summed E-state index contributed by atoms with van der Waals surface area (Å²) in [4.78, 5) is 10.5. The first-order chi connectivity index (χ1) is 8.77. The van der Waals surface area contributed by atoms with E-state index in [1.807, 2.05) is 0 Å². The second-order valence-electron chi connectivity index (χ2n) is 5.15. The molecule has 0 fully saturated rings. The van der Waals surface area contributed by atoms with Gasteiger partial charge in [-0.05, 0) is 32.4 Å². The van der Waals surface area contributed by atoms with E-state index in [1.54, 1.807) is 0 Å². The van der Waals surface area contributed by atoms with E-state index in [-0.39, 0.29) is 5.91 Å². The Labute approximate surface area is 113 Å². The van der Waals surface area contributed by atoms with Crippen molar-refractivity contribution in [2.24, 2.45) is 5.73 Å². The smallest absolute Gasteiger partial charge is 0.217 e. The predicted octanol–water partition coefficient (Wildman–Crippen LogP) is 3.37. The molecule has 0 aromatic rings. The van der Waals surface area contributed by atoms with Crippen molar-refractivity contribution in [1.29, 1.82) is 0 Å². The highest BCUT2D eigenvalue weighted by Crippen LogP contribution is 2.06. The van der Waals surface area contributed by atoms with Crippen LogP contribution in [0.4, 0.5) is 0 Å². The Balaban J connectivity index is 2.92. The maximum atomic E-state index is 10.5. The van der Waals surface area contributed by atoms with Crippen LogP contribution in [0.3, 0.4) is 0 Å². The topological polar surface area (TPSA) is 55.1 Å². The molecule has 108 valence electrons. The highest BCUT2D eigenvalue weighted by atomic mass is 16.1. The summed E-state index contributed by atoms with van der Waals surface area (Å²) in [6.45, 7) is 4.48. The molecule has 0 spiro atoms. The van der Waals surface area contributed by atoms with Crippen LogP contribution in [0, 0.1) is 0 Å². The molecule has 3 nitrogen and oxygen atoms in total. The maximum Gasteiger partial charge on any atom is 0.217 e. The predicted molar refractivity (Wildman–Crippen MR) is 78.5 cm³/mol. The Kier molecular flexibility index (Phi) is 14.0. The van der Waals surface area contributed by atoms with E-state index in [1.165, 1.54) is 44.9 Å². The fraction of sp³-hybridized carbons (Fsp3) is 0.933. The molecule has 0 aliphatic carbocycles. The molecular weight excluding hydrogens is 224 g/mol. The van der Waals surface area contributed by atoms with Gasteiger partial charge in [-0.15, -0.1) is 0 Å². The number of hydrogen-bond donors (Lipinski definition) is 2. The second kappa shape index (κ2) is 14.5. The quantitative estimate of drug-likeness (QED) is 0.468. The number of amides is 1. The molecule has 0 heterocycles. The Morgan fingerprint density at radius 1 is 0.833 bits per heavy atom. The van der Waals surface area contributed by atoms with Crippen LogP contribution >= 0.6 is 0 Å². The molecular formula is C15H32N2O. The van der Waals surface area contributed by atoms with Gasteiger partial charge in [-0.2, -0.15) is 0 Å². The third-order valence-corrected chi connectivity index (χ3v) is 3.23. The largest absolute Gasteiger partial charge is 0.370 e. The minimum atomic E-state index is -0.175. The van der Waals surface area contributed by atoms with Crippen LogP contribution < -0.4 is 11.1 Å². The van der Waals surface area contributed by atoms with Crippen LogP contribution in [0.2, 0.25) is 0 Å². The highest BCUT2D eigenvalue weighted by Gasteiger charge is 1.94. The van der Waals surface area contributed by atoms with Gasteiger partial charge in [0.2, 0.25) is 5.91 Å². The average molecular weight is 256 g/mol. The number of nitrogens with one attached hydrogen (secondary N) is 1. The van der Waals surface area contributed by atoms with Crippen molar-refractivity contribution >= 4 is 5.91 Å². The lowest BCUT2D eigenvalue weighted by Gasteiger charge is -2.04. The molecule has 18 heavy (non-hydrogen) atoms. The van der Waals surface area contributed by atoms with Crippen LogP contribution in [0.15, 0.2) is 0 Å². The number of primary amides is 1. The van der Waals surface area contributed by atoms with Gasteiger partial charge in [-0.3, -0.25) is 4.79 Å². The van der Waals surface area contributed by atoms with E-state index in [0.717, 1.165) is 32.4 Å². The van der Waals surface area contributed by atoms with E-state index in [4.69, 9.17) is 5.73 Å². The lowest BCUT2D eigenvalue weighted by molar-refractivity contribution is -0.118. The summed E-state index contributed by atoms with van der Waals surface area (Å²) in [6.07, 6.45) is 13.3. The fourth-order valence-electron chi connectivity index (χ4n) is 2.06. The van der Waals surface area contributed by atoms with Crippen LogP contribution in [0.1, 0.15) is 77.6 Å². The van der Waals surface area contributed by atoms with Gasteiger partial charge in [0.05, 0.1) is 0 Å².